The van der Waals surface area contributed by atoms with Gasteiger partial charge in [0.05, 0.1) is 15.7 Å². The average Bonchev–Trinajstić information content (AvgIpc) is 2.60. The van der Waals surface area contributed by atoms with Gasteiger partial charge in [-0.25, -0.2) is 4.79 Å². The van der Waals surface area contributed by atoms with Gasteiger partial charge in [0.25, 0.3) is 0 Å². The number of hydrogen-bond donors (Lipinski definition) is 1. The van der Waals surface area contributed by atoms with E-state index in [1.807, 2.05) is 0 Å². The Hall–Kier alpha value is -1.42. The lowest BCUT2D eigenvalue weighted by Gasteiger charge is -2.28. The largest absolute Gasteiger partial charge is 0.322 e. The maximum absolute atomic E-state index is 13.1. The quantitative estimate of drug-likeness (QED) is 0.437. The van der Waals surface area contributed by atoms with E-state index in [0.29, 0.717) is 33.8 Å². The minimum Gasteiger partial charge on any atom is -0.320 e. The van der Waals surface area contributed by atoms with Crippen molar-refractivity contribution in [3.05, 3.63) is 62.6 Å². The summed E-state index contributed by atoms with van der Waals surface area (Å²) in [6.07, 6.45) is 1.87. The molecule has 0 fully saturated rings. The molecule has 0 aliphatic carbocycles. The first-order valence-corrected chi connectivity index (χ1v) is 11.7. The van der Waals surface area contributed by atoms with E-state index in [2.05, 4.69) is 71.1 Å². The minimum absolute atomic E-state index is 0.102. The van der Waals surface area contributed by atoms with Gasteiger partial charge in [-0.05, 0) is 46.9 Å². The van der Waals surface area contributed by atoms with Gasteiger partial charge >= 0.3 is 6.03 Å². The number of urea groups is 1. The van der Waals surface area contributed by atoms with Crippen molar-refractivity contribution < 1.29 is 4.79 Å². The molecule has 0 unspecified atom stereocenters. The van der Waals surface area contributed by atoms with Crippen molar-refractivity contribution in [1.82, 2.24) is 4.90 Å². The van der Waals surface area contributed by atoms with Gasteiger partial charge in [-0.15, -0.1) is 0 Å². The molecule has 0 saturated carbocycles. The normalized spacial score (nSPS) is 12.0. The Kier molecular flexibility index (Phi) is 8.72. The molecule has 0 aliphatic rings. The third-order valence-corrected chi connectivity index (χ3v) is 5.60. The maximum atomic E-state index is 13.1. The van der Waals surface area contributed by atoms with Gasteiger partial charge in [-0.2, -0.15) is 0 Å². The van der Waals surface area contributed by atoms with E-state index in [1.54, 1.807) is 17.0 Å². The van der Waals surface area contributed by atoms with Crippen LogP contribution in [0.15, 0.2) is 36.4 Å². The second-order valence-electron chi connectivity index (χ2n) is 10.5. The zero-order chi connectivity index (χ0) is 23.4. The summed E-state index contributed by atoms with van der Waals surface area (Å²) in [6.45, 7) is 14.3. The third kappa shape index (κ3) is 8.92. The van der Waals surface area contributed by atoms with Crippen LogP contribution in [-0.2, 0) is 13.0 Å². The van der Waals surface area contributed by atoms with Crippen molar-refractivity contribution in [3.63, 3.8) is 0 Å². The number of amides is 2. The number of benzene rings is 2. The summed E-state index contributed by atoms with van der Waals surface area (Å²) >= 11 is 18.5. The first-order chi connectivity index (χ1) is 14.2. The van der Waals surface area contributed by atoms with E-state index in [0.717, 1.165) is 18.4 Å². The molecule has 0 spiro atoms. The van der Waals surface area contributed by atoms with Gasteiger partial charge < -0.3 is 10.2 Å². The lowest BCUT2D eigenvalue weighted by Crippen LogP contribution is -2.36. The molecule has 0 aliphatic heterocycles. The van der Waals surface area contributed by atoms with Crippen LogP contribution in [0.4, 0.5) is 10.5 Å². The first kappa shape index (κ1) is 25.8. The molecule has 2 amide bonds. The highest BCUT2D eigenvalue weighted by atomic mass is 35.5. The molecule has 31 heavy (non-hydrogen) atoms. The van der Waals surface area contributed by atoms with Crippen molar-refractivity contribution in [2.75, 3.05) is 11.9 Å². The van der Waals surface area contributed by atoms with Gasteiger partial charge in [0, 0.05) is 18.1 Å². The summed E-state index contributed by atoms with van der Waals surface area (Å²) in [7, 11) is 0. The highest BCUT2D eigenvalue weighted by Gasteiger charge is 2.20. The zero-order valence-electron chi connectivity index (χ0n) is 19.3. The molecule has 3 nitrogen and oxygen atoms in total. The molecule has 0 aromatic heterocycles. The van der Waals surface area contributed by atoms with Crippen LogP contribution in [-0.4, -0.2) is 17.5 Å². The number of nitrogens with zero attached hydrogens (tertiary/aromatic N) is 1. The Bertz CT molecular complexity index is 873. The Morgan fingerprint density at radius 1 is 0.871 bits per heavy atom. The molecule has 2 rings (SSSR count). The summed E-state index contributed by atoms with van der Waals surface area (Å²) in [5, 5.41) is 3.92. The van der Waals surface area contributed by atoms with Crippen LogP contribution >= 0.6 is 34.8 Å². The number of nitrogens with one attached hydrogen (secondary N) is 1. The molecular formula is C25H33Cl3N2O. The summed E-state index contributed by atoms with van der Waals surface area (Å²) < 4.78 is 0. The lowest BCUT2D eigenvalue weighted by atomic mass is 9.88. The molecular weight excluding hydrogens is 451 g/mol. The topological polar surface area (TPSA) is 32.3 Å². The summed E-state index contributed by atoms with van der Waals surface area (Å²) in [5.41, 5.74) is 3.08. The molecule has 0 heterocycles. The minimum atomic E-state index is -0.242. The lowest BCUT2D eigenvalue weighted by molar-refractivity contribution is 0.198. The molecule has 0 saturated heterocycles. The number of halogens is 3. The summed E-state index contributed by atoms with van der Waals surface area (Å²) in [5.74, 6) is 0. The molecule has 0 atom stereocenters. The fraction of sp³-hybridized carbons (Fsp3) is 0.480. The number of hydrogen-bond acceptors (Lipinski definition) is 1. The average molecular weight is 484 g/mol. The Morgan fingerprint density at radius 3 is 1.87 bits per heavy atom. The highest BCUT2D eigenvalue weighted by Crippen LogP contribution is 2.34. The van der Waals surface area contributed by atoms with Crippen LogP contribution in [0, 0.1) is 10.8 Å². The van der Waals surface area contributed by atoms with Crippen LogP contribution in [0.25, 0.3) is 0 Å². The van der Waals surface area contributed by atoms with E-state index < -0.39 is 0 Å². The van der Waals surface area contributed by atoms with Crippen molar-refractivity contribution >= 4 is 46.5 Å². The van der Waals surface area contributed by atoms with Crippen molar-refractivity contribution in [2.45, 2.75) is 60.9 Å². The molecule has 2 aromatic carbocycles. The van der Waals surface area contributed by atoms with E-state index in [1.165, 1.54) is 5.56 Å². The maximum Gasteiger partial charge on any atom is 0.322 e. The van der Waals surface area contributed by atoms with Crippen molar-refractivity contribution in [1.29, 1.82) is 0 Å². The second-order valence-corrected chi connectivity index (χ2v) is 11.7. The monoisotopic (exact) mass is 482 g/mol. The Labute approximate surface area is 202 Å². The zero-order valence-corrected chi connectivity index (χ0v) is 21.5. The van der Waals surface area contributed by atoms with Gasteiger partial charge in [0.15, 0.2) is 0 Å². The predicted molar refractivity (Wildman–Crippen MR) is 135 cm³/mol. The Balaban J connectivity index is 2.19. The fourth-order valence-corrected chi connectivity index (χ4v) is 4.08. The van der Waals surface area contributed by atoms with E-state index in [9.17, 15) is 4.79 Å². The van der Waals surface area contributed by atoms with Crippen molar-refractivity contribution in [3.8, 4) is 0 Å². The molecule has 6 heteroatoms. The molecule has 2 aromatic rings. The molecule has 170 valence electrons. The van der Waals surface area contributed by atoms with Crippen molar-refractivity contribution in [2.24, 2.45) is 10.8 Å². The molecule has 0 radical (unpaired) electrons. The fourth-order valence-electron chi connectivity index (χ4n) is 3.17. The van der Waals surface area contributed by atoms with Gasteiger partial charge in [0.1, 0.15) is 0 Å². The first-order valence-electron chi connectivity index (χ1n) is 10.5. The third-order valence-electron chi connectivity index (χ3n) is 4.79. The Morgan fingerprint density at radius 2 is 1.39 bits per heavy atom. The second kappa shape index (κ2) is 10.5. The number of carbonyl (C=O) groups is 1. The van der Waals surface area contributed by atoms with Crippen LogP contribution in [0.3, 0.4) is 0 Å². The van der Waals surface area contributed by atoms with Gasteiger partial charge in [-0.1, -0.05) is 101 Å². The van der Waals surface area contributed by atoms with Crippen LogP contribution in [0.1, 0.15) is 59.1 Å². The summed E-state index contributed by atoms with van der Waals surface area (Å²) in [6, 6.07) is 11.4. The van der Waals surface area contributed by atoms with E-state index in [-0.39, 0.29) is 16.9 Å². The number of anilines is 1. The van der Waals surface area contributed by atoms with Crippen LogP contribution in [0.5, 0.6) is 0 Å². The molecule has 1 N–H and O–H groups in total. The van der Waals surface area contributed by atoms with Crippen LogP contribution in [0.2, 0.25) is 15.1 Å². The number of carbonyl (C=O) groups excluding carboxylic acids is 1. The van der Waals surface area contributed by atoms with Gasteiger partial charge in [-0.3, -0.25) is 0 Å². The van der Waals surface area contributed by atoms with Crippen LogP contribution < -0.4 is 5.32 Å². The smallest absolute Gasteiger partial charge is 0.320 e. The van der Waals surface area contributed by atoms with Gasteiger partial charge in [0.2, 0.25) is 0 Å². The van der Waals surface area contributed by atoms with E-state index >= 15 is 0 Å². The molecule has 0 bridgehead atoms. The highest BCUT2D eigenvalue weighted by molar-refractivity contribution is 6.42. The predicted octanol–water partition coefficient (Wildman–Crippen LogP) is 8.71. The standard InChI is InChI=1S/C25H33Cl3N2O/c1-24(2,3)11-12-30(16-18-9-7-17(8-10-18)15-25(4,5)6)23(31)29-22-20(27)13-19(26)14-21(22)28/h7-10,13-14H,11-12,15-16H2,1-6H3,(H,29,31). The summed E-state index contributed by atoms with van der Waals surface area (Å²) in [4.78, 5) is 14.9. The number of rotatable bonds is 6. The SMILES string of the molecule is CC(C)(C)CCN(Cc1ccc(CC(C)(C)C)cc1)C(=O)Nc1c(Cl)cc(Cl)cc1Cl. The van der Waals surface area contributed by atoms with E-state index in [4.69, 9.17) is 34.8 Å².